The molecule has 0 aromatic heterocycles. The number of ether oxygens (including phenoxy) is 2. The number of aryl methyl sites for hydroxylation is 1. The predicted molar refractivity (Wildman–Crippen MR) is 117 cm³/mol. The first kappa shape index (κ1) is 21.6. The Morgan fingerprint density at radius 3 is 2.27 bits per heavy atom. The third kappa shape index (κ3) is 4.56. The minimum absolute atomic E-state index is 0.0682. The van der Waals surface area contributed by atoms with Gasteiger partial charge in [0.1, 0.15) is 5.60 Å². The Kier molecular flexibility index (Phi) is 6.01. The van der Waals surface area contributed by atoms with Crippen LogP contribution in [0.2, 0.25) is 0 Å². The van der Waals surface area contributed by atoms with Crippen LogP contribution in [-0.2, 0) is 19.7 Å². The van der Waals surface area contributed by atoms with E-state index in [1.54, 1.807) is 6.20 Å². The minimum atomic E-state index is -0.713. The van der Waals surface area contributed by atoms with Crippen molar-refractivity contribution < 1.29 is 19.1 Å². The van der Waals surface area contributed by atoms with Crippen molar-refractivity contribution in [2.75, 3.05) is 12.0 Å². The number of hydrogen-bond acceptors (Lipinski definition) is 4. The normalized spacial score (nSPS) is 20.6. The van der Waals surface area contributed by atoms with Crippen LogP contribution >= 0.6 is 0 Å². The van der Waals surface area contributed by atoms with Crippen molar-refractivity contribution in [1.29, 1.82) is 0 Å². The second kappa shape index (κ2) is 8.34. The lowest BCUT2D eigenvalue weighted by Gasteiger charge is -2.25. The average Bonchev–Trinajstić information content (AvgIpc) is 3.43. The quantitative estimate of drug-likeness (QED) is 0.624. The van der Waals surface area contributed by atoms with Crippen molar-refractivity contribution in [2.45, 2.75) is 45.1 Å². The zero-order chi connectivity index (χ0) is 21.9. The van der Waals surface area contributed by atoms with Crippen molar-refractivity contribution >= 4 is 17.7 Å². The van der Waals surface area contributed by atoms with Gasteiger partial charge in [-0.1, -0.05) is 54.1 Å². The predicted octanol–water partition coefficient (Wildman–Crippen LogP) is 5.38. The Hall–Kier alpha value is -3.08. The number of benzene rings is 2. The number of methoxy groups -OCH3 is 1. The molecule has 3 rings (SSSR count). The lowest BCUT2D eigenvalue weighted by molar-refractivity contribution is -0.144. The molecule has 0 bridgehead atoms. The second-order valence-corrected chi connectivity index (χ2v) is 8.67. The lowest BCUT2D eigenvalue weighted by Crippen LogP contribution is -2.33. The SMILES string of the molecule is COC(=O)[C@@]1(c2ccc(C)cc2)C[C@@H]1/C=C/N(C(=O)OC(C)(C)C)c1ccccc1. The molecule has 1 amide bonds. The van der Waals surface area contributed by atoms with Crippen LogP contribution in [0.4, 0.5) is 10.5 Å². The van der Waals surface area contributed by atoms with Gasteiger partial charge in [0.15, 0.2) is 0 Å². The summed E-state index contributed by atoms with van der Waals surface area (Å²) in [4.78, 5) is 27.0. The average molecular weight is 408 g/mol. The van der Waals surface area contributed by atoms with E-state index in [2.05, 4.69) is 0 Å². The van der Waals surface area contributed by atoms with Crippen LogP contribution in [0.25, 0.3) is 0 Å². The van der Waals surface area contributed by atoms with Gasteiger partial charge < -0.3 is 9.47 Å². The van der Waals surface area contributed by atoms with E-state index >= 15 is 0 Å². The molecule has 0 radical (unpaired) electrons. The Bertz CT molecular complexity index is 928. The van der Waals surface area contributed by atoms with Crippen molar-refractivity contribution in [3.63, 3.8) is 0 Å². The highest BCUT2D eigenvalue weighted by atomic mass is 16.6. The molecule has 158 valence electrons. The van der Waals surface area contributed by atoms with Crippen LogP contribution in [0.5, 0.6) is 0 Å². The number of anilines is 1. The number of nitrogens with zero attached hydrogens (tertiary/aromatic N) is 1. The number of allylic oxidation sites excluding steroid dienone is 1. The van der Waals surface area contributed by atoms with E-state index < -0.39 is 17.1 Å². The van der Waals surface area contributed by atoms with Gasteiger partial charge in [-0.15, -0.1) is 0 Å². The maximum absolute atomic E-state index is 12.8. The summed E-state index contributed by atoms with van der Waals surface area (Å²) in [5, 5.41) is 0. The van der Waals surface area contributed by atoms with E-state index in [-0.39, 0.29) is 11.9 Å². The van der Waals surface area contributed by atoms with E-state index in [1.165, 1.54) is 12.0 Å². The standard InChI is InChI=1S/C25H29NO4/c1-18-11-13-19(14-12-18)25(22(27)29-5)17-20(25)15-16-26(21-9-7-6-8-10-21)23(28)30-24(2,3)4/h6-16,20H,17H2,1-5H3/b16-15+/t20-,25+/m0/s1. The maximum Gasteiger partial charge on any atom is 0.418 e. The first-order valence-corrected chi connectivity index (χ1v) is 10.1. The third-order valence-corrected chi connectivity index (χ3v) is 5.22. The van der Waals surface area contributed by atoms with Crippen molar-refractivity contribution in [2.24, 2.45) is 5.92 Å². The van der Waals surface area contributed by atoms with Crippen LogP contribution in [0, 0.1) is 12.8 Å². The monoisotopic (exact) mass is 407 g/mol. The van der Waals surface area contributed by atoms with Crippen LogP contribution in [0.15, 0.2) is 66.9 Å². The third-order valence-electron chi connectivity index (χ3n) is 5.22. The largest absolute Gasteiger partial charge is 0.468 e. The molecule has 5 nitrogen and oxygen atoms in total. The molecule has 1 aliphatic rings. The molecule has 2 atom stereocenters. The lowest BCUT2D eigenvalue weighted by atomic mass is 9.92. The molecule has 0 N–H and O–H groups in total. The first-order chi connectivity index (χ1) is 14.2. The molecule has 1 aliphatic carbocycles. The fraction of sp³-hybridized carbons (Fsp3) is 0.360. The summed E-state index contributed by atoms with van der Waals surface area (Å²) in [5.41, 5.74) is 1.43. The Morgan fingerprint density at radius 2 is 1.70 bits per heavy atom. The van der Waals surface area contributed by atoms with E-state index in [0.29, 0.717) is 12.1 Å². The van der Waals surface area contributed by atoms with Gasteiger partial charge in [-0.25, -0.2) is 4.79 Å². The number of esters is 1. The first-order valence-electron chi connectivity index (χ1n) is 10.1. The zero-order valence-electron chi connectivity index (χ0n) is 18.2. The van der Waals surface area contributed by atoms with Crippen LogP contribution in [0.3, 0.4) is 0 Å². The molecule has 5 heteroatoms. The molecular formula is C25H29NO4. The van der Waals surface area contributed by atoms with Gasteiger partial charge in [0, 0.05) is 12.1 Å². The summed E-state index contributed by atoms with van der Waals surface area (Å²) in [6.07, 6.45) is 3.77. The Morgan fingerprint density at radius 1 is 1.07 bits per heavy atom. The molecular weight excluding hydrogens is 378 g/mol. The van der Waals surface area contributed by atoms with Gasteiger partial charge in [-0.3, -0.25) is 9.69 Å². The second-order valence-electron chi connectivity index (χ2n) is 8.67. The number of carbonyl (C=O) groups excluding carboxylic acids is 2. The molecule has 0 aliphatic heterocycles. The fourth-order valence-electron chi connectivity index (χ4n) is 3.58. The molecule has 1 fully saturated rings. The van der Waals surface area contributed by atoms with Gasteiger partial charge in [-0.2, -0.15) is 0 Å². The summed E-state index contributed by atoms with van der Waals surface area (Å²) >= 11 is 0. The smallest absolute Gasteiger partial charge is 0.418 e. The highest BCUT2D eigenvalue weighted by molar-refractivity contribution is 5.91. The summed E-state index contributed by atoms with van der Waals surface area (Å²) in [5.74, 6) is -0.328. The number of amides is 1. The van der Waals surface area contributed by atoms with Crippen molar-refractivity contribution in [3.8, 4) is 0 Å². The van der Waals surface area contributed by atoms with Gasteiger partial charge in [0.05, 0.1) is 18.2 Å². The number of carbonyl (C=O) groups is 2. The van der Waals surface area contributed by atoms with E-state index in [1.807, 2.05) is 88.4 Å². The molecule has 0 heterocycles. The van der Waals surface area contributed by atoms with Crippen molar-refractivity contribution in [1.82, 2.24) is 0 Å². The van der Waals surface area contributed by atoms with Crippen LogP contribution in [0.1, 0.15) is 38.3 Å². The maximum atomic E-state index is 12.8. The molecule has 30 heavy (non-hydrogen) atoms. The molecule has 2 aromatic carbocycles. The molecule has 2 aromatic rings. The van der Waals surface area contributed by atoms with E-state index in [9.17, 15) is 9.59 Å². The van der Waals surface area contributed by atoms with Crippen LogP contribution < -0.4 is 4.90 Å². The topological polar surface area (TPSA) is 55.8 Å². The summed E-state index contributed by atoms with van der Waals surface area (Å²) < 4.78 is 10.7. The highest BCUT2D eigenvalue weighted by Gasteiger charge is 2.61. The Labute approximate surface area is 178 Å². The summed E-state index contributed by atoms with van der Waals surface area (Å²) in [7, 11) is 1.41. The number of hydrogen-bond donors (Lipinski definition) is 0. The molecule has 1 saturated carbocycles. The summed E-state index contributed by atoms with van der Waals surface area (Å²) in [6, 6.07) is 17.2. The zero-order valence-corrected chi connectivity index (χ0v) is 18.2. The van der Waals surface area contributed by atoms with Gasteiger partial charge >= 0.3 is 12.1 Å². The van der Waals surface area contributed by atoms with E-state index in [0.717, 1.165) is 11.1 Å². The van der Waals surface area contributed by atoms with Gasteiger partial charge in [0.2, 0.25) is 0 Å². The Balaban J connectivity index is 1.89. The molecule has 0 unspecified atom stereocenters. The summed E-state index contributed by atoms with van der Waals surface area (Å²) in [6.45, 7) is 7.51. The van der Waals surface area contributed by atoms with Crippen molar-refractivity contribution in [3.05, 3.63) is 78.0 Å². The fourth-order valence-corrected chi connectivity index (χ4v) is 3.58. The number of rotatable bonds is 5. The van der Waals surface area contributed by atoms with Gasteiger partial charge in [-0.05, 0) is 51.8 Å². The van der Waals surface area contributed by atoms with Gasteiger partial charge in [0.25, 0.3) is 0 Å². The van der Waals surface area contributed by atoms with E-state index in [4.69, 9.17) is 9.47 Å². The van der Waals surface area contributed by atoms with Crippen LogP contribution in [-0.4, -0.2) is 24.8 Å². The minimum Gasteiger partial charge on any atom is -0.468 e. The number of para-hydroxylation sites is 1. The molecule has 0 spiro atoms. The highest BCUT2D eigenvalue weighted by Crippen LogP contribution is 2.56. The molecule has 0 saturated heterocycles.